The highest BCUT2D eigenvalue weighted by atomic mass is 79.9. The van der Waals surface area contributed by atoms with Crippen LogP contribution in [0.2, 0.25) is 5.02 Å². The Labute approximate surface area is 177 Å². The predicted octanol–water partition coefficient (Wildman–Crippen LogP) is 2.20. The Hall–Kier alpha value is -2.02. The molecular weight excluding hydrogens is 444 g/mol. The first-order valence-electron chi connectivity index (χ1n) is 8.98. The summed E-state index contributed by atoms with van der Waals surface area (Å²) in [5.74, 6) is -2.67. The van der Waals surface area contributed by atoms with Crippen LogP contribution in [-0.4, -0.2) is 49.6 Å². The van der Waals surface area contributed by atoms with Crippen LogP contribution in [-0.2, 0) is 9.59 Å². The number of nitrogens with one attached hydrogen (secondary N) is 1. The van der Waals surface area contributed by atoms with Crippen molar-refractivity contribution in [2.45, 2.75) is 6.04 Å². The van der Waals surface area contributed by atoms with Crippen molar-refractivity contribution in [3.63, 3.8) is 0 Å². The molecule has 0 saturated carbocycles. The number of benzene rings is 2. The Morgan fingerprint density at radius 3 is 2.25 bits per heavy atom. The average Bonchev–Trinajstić information content (AvgIpc) is 2.91. The monoisotopic (exact) mass is 463 g/mol. The summed E-state index contributed by atoms with van der Waals surface area (Å²) < 4.78 is 0.886. The zero-order chi connectivity index (χ0) is 20.4. The molecule has 28 heavy (non-hydrogen) atoms. The average molecular weight is 465 g/mol. The summed E-state index contributed by atoms with van der Waals surface area (Å²) in [5, 5.41) is 0.505. The predicted molar refractivity (Wildman–Crippen MR) is 111 cm³/mol. The van der Waals surface area contributed by atoms with Crippen molar-refractivity contribution in [3.8, 4) is 0 Å². The van der Waals surface area contributed by atoms with Gasteiger partial charge in [-0.15, -0.1) is 0 Å². The van der Waals surface area contributed by atoms with Gasteiger partial charge in [0.1, 0.15) is 5.92 Å². The van der Waals surface area contributed by atoms with Gasteiger partial charge in [-0.1, -0.05) is 39.7 Å². The summed E-state index contributed by atoms with van der Waals surface area (Å²) in [6.07, 6.45) is 0. The molecule has 1 heterocycles. The molecule has 2 atom stereocenters. The Balaban J connectivity index is 2.02. The van der Waals surface area contributed by atoms with Crippen molar-refractivity contribution < 1.29 is 19.3 Å². The molecule has 0 aromatic heterocycles. The Bertz CT molecular complexity index is 897. The lowest BCUT2D eigenvalue weighted by Crippen LogP contribution is -3.06. The third kappa shape index (κ3) is 4.19. The maximum atomic E-state index is 13.2. The molecule has 1 fully saturated rings. The number of nitrogens with zero attached hydrogens (tertiary/aromatic N) is 1. The molecule has 2 aromatic rings. The van der Waals surface area contributed by atoms with E-state index in [9.17, 15) is 14.4 Å². The molecule has 7 heteroatoms. The molecular formula is C21H21BrClN2O3+. The third-order valence-electron chi connectivity index (χ3n) is 4.88. The summed E-state index contributed by atoms with van der Waals surface area (Å²) in [4.78, 5) is 41.5. The number of hydrogen-bond acceptors (Lipinski definition) is 3. The second kappa shape index (κ2) is 8.55. The third-order valence-corrected chi connectivity index (χ3v) is 5.66. The van der Waals surface area contributed by atoms with Crippen molar-refractivity contribution in [1.82, 2.24) is 4.90 Å². The molecule has 0 bridgehead atoms. The van der Waals surface area contributed by atoms with Gasteiger partial charge in [0.05, 0.1) is 33.2 Å². The van der Waals surface area contributed by atoms with Crippen LogP contribution < -0.4 is 4.90 Å². The lowest BCUT2D eigenvalue weighted by molar-refractivity contribution is -0.857. The molecule has 2 aromatic carbocycles. The second-order valence-corrected chi connectivity index (χ2v) is 8.52. The van der Waals surface area contributed by atoms with E-state index in [1.807, 2.05) is 38.4 Å². The molecule has 0 spiro atoms. The lowest BCUT2D eigenvalue weighted by atomic mass is 9.86. The number of carbonyl (C=O) groups is 3. The first-order valence-corrected chi connectivity index (χ1v) is 10.2. The maximum absolute atomic E-state index is 13.2. The zero-order valence-electron chi connectivity index (χ0n) is 15.6. The van der Waals surface area contributed by atoms with Gasteiger partial charge in [-0.25, -0.2) is 0 Å². The van der Waals surface area contributed by atoms with E-state index in [4.69, 9.17) is 11.6 Å². The number of likely N-dealkylation sites (tertiary alicyclic amines) is 1. The zero-order valence-corrected chi connectivity index (χ0v) is 18.0. The fourth-order valence-corrected chi connectivity index (χ4v) is 3.79. The minimum Gasteiger partial charge on any atom is -0.338 e. The normalized spacial score (nSPS) is 19.5. The highest BCUT2D eigenvalue weighted by Gasteiger charge is 2.51. The molecule has 0 aliphatic carbocycles. The van der Waals surface area contributed by atoms with Crippen LogP contribution in [0.4, 0.5) is 0 Å². The van der Waals surface area contributed by atoms with E-state index in [1.54, 1.807) is 24.3 Å². The minimum absolute atomic E-state index is 0.359. The van der Waals surface area contributed by atoms with E-state index >= 15 is 0 Å². The summed E-state index contributed by atoms with van der Waals surface area (Å²) >= 11 is 9.31. The standard InChI is InChI=1S/C21H20BrClN2O3/c1-24(2)11-12-25-18(13-3-7-15(22)8-4-13)17(20(27)21(25)28)19(26)14-5-9-16(23)10-6-14/h3-10,17-18H,11-12H2,1-2H3/p+1. The molecule has 1 amide bonds. The van der Waals surface area contributed by atoms with Gasteiger partial charge in [0.25, 0.3) is 5.91 Å². The van der Waals surface area contributed by atoms with Crippen LogP contribution in [0.15, 0.2) is 53.0 Å². The number of rotatable bonds is 6. The molecule has 1 aliphatic heterocycles. The molecule has 1 aliphatic rings. The summed E-state index contributed by atoms with van der Waals surface area (Å²) in [7, 11) is 3.96. The smallest absolute Gasteiger partial charge is 0.291 e. The molecule has 146 valence electrons. The quantitative estimate of drug-likeness (QED) is 0.405. The summed E-state index contributed by atoms with van der Waals surface area (Å²) in [6, 6.07) is 13.2. The second-order valence-electron chi connectivity index (χ2n) is 7.17. The van der Waals surface area contributed by atoms with Crippen LogP contribution in [0.3, 0.4) is 0 Å². The van der Waals surface area contributed by atoms with E-state index in [0.29, 0.717) is 23.7 Å². The SMILES string of the molecule is C[NH+](C)CCN1C(=O)C(=O)C(C(=O)c2ccc(Cl)cc2)C1c1ccc(Br)cc1. The van der Waals surface area contributed by atoms with Gasteiger partial charge in [0.15, 0.2) is 5.78 Å². The molecule has 1 N–H and O–H groups in total. The number of Topliss-reactive ketones (excluding diaryl/α,β-unsaturated/α-hetero) is 2. The fraction of sp³-hybridized carbons (Fsp3) is 0.286. The van der Waals surface area contributed by atoms with Gasteiger partial charge in [-0.2, -0.15) is 0 Å². The van der Waals surface area contributed by atoms with Crippen molar-refractivity contribution >= 4 is 45.0 Å². The number of likely N-dealkylation sites (N-methyl/N-ethyl adjacent to an activating group) is 1. The Morgan fingerprint density at radius 2 is 1.68 bits per heavy atom. The van der Waals surface area contributed by atoms with Crippen LogP contribution in [0.25, 0.3) is 0 Å². The van der Waals surface area contributed by atoms with E-state index < -0.39 is 23.7 Å². The minimum atomic E-state index is -1.06. The van der Waals surface area contributed by atoms with Crippen molar-refractivity contribution in [1.29, 1.82) is 0 Å². The number of halogens is 2. The first kappa shape index (κ1) is 20.7. The molecule has 2 unspecified atom stereocenters. The van der Waals surface area contributed by atoms with E-state index in [-0.39, 0.29) is 5.78 Å². The number of amides is 1. The number of ketones is 2. The molecule has 5 nitrogen and oxygen atoms in total. The highest BCUT2D eigenvalue weighted by Crippen LogP contribution is 2.38. The van der Waals surface area contributed by atoms with Crippen LogP contribution in [0, 0.1) is 5.92 Å². The van der Waals surface area contributed by atoms with E-state index in [1.165, 1.54) is 4.90 Å². The van der Waals surface area contributed by atoms with Gasteiger partial charge >= 0.3 is 0 Å². The molecule has 1 saturated heterocycles. The number of quaternary nitrogens is 1. The van der Waals surface area contributed by atoms with E-state index in [0.717, 1.165) is 14.9 Å². The fourth-order valence-electron chi connectivity index (χ4n) is 3.40. The van der Waals surface area contributed by atoms with Crippen LogP contribution in [0.1, 0.15) is 22.0 Å². The number of carbonyl (C=O) groups excluding carboxylic acids is 3. The molecule has 0 radical (unpaired) electrons. The Morgan fingerprint density at radius 1 is 1.07 bits per heavy atom. The maximum Gasteiger partial charge on any atom is 0.291 e. The van der Waals surface area contributed by atoms with Gasteiger partial charge in [0.2, 0.25) is 5.78 Å². The van der Waals surface area contributed by atoms with Crippen LogP contribution in [0.5, 0.6) is 0 Å². The van der Waals surface area contributed by atoms with Crippen LogP contribution >= 0.6 is 27.5 Å². The molecule has 3 rings (SSSR count). The van der Waals surface area contributed by atoms with Gasteiger partial charge in [-0.3, -0.25) is 14.4 Å². The first-order chi connectivity index (χ1) is 13.3. The van der Waals surface area contributed by atoms with E-state index in [2.05, 4.69) is 15.9 Å². The van der Waals surface area contributed by atoms with Gasteiger partial charge < -0.3 is 9.80 Å². The van der Waals surface area contributed by atoms with Crippen molar-refractivity contribution in [3.05, 3.63) is 69.2 Å². The highest BCUT2D eigenvalue weighted by molar-refractivity contribution is 9.10. The largest absolute Gasteiger partial charge is 0.338 e. The van der Waals surface area contributed by atoms with Gasteiger partial charge in [-0.05, 0) is 42.0 Å². The summed E-state index contributed by atoms with van der Waals surface area (Å²) in [6.45, 7) is 1.08. The van der Waals surface area contributed by atoms with Crippen molar-refractivity contribution in [2.75, 3.05) is 27.2 Å². The number of hydrogen-bond donors (Lipinski definition) is 1. The Kier molecular flexibility index (Phi) is 6.33. The van der Waals surface area contributed by atoms with Gasteiger partial charge in [0, 0.05) is 15.1 Å². The topological polar surface area (TPSA) is 58.9 Å². The summed E-state index contributed by atoms with van der Waals surface area (Å²) in [5.41, 5.74) is 1.14. The van der Waals surface area contributed by atoms with Crippen molar-refractivity contribution in [2.24, 2.45) is 5.92 Å². The lowest BCUT2D eigenvalue weighted by Gasteiger charge is -2.27.